The van der Waals surface area contributed by atoms with Gasteiger partial charge < -0.3 is 14.4 Å². The number of ether oxygens (including phenoxy) is 2. The summed E-state index contributed by atoms with van der Waals surface area (Å²) in [5.41, 5.74) is 0.681. The summed E-state index contributed by atoms with van der Waals surface area (Å²) in [5.74, 6) is -0.134. The first-order chi connectivity index (χ1) is 16.6. The molecule has 1 aliphatic heterocycles. The van der Waals surface area contributed by atoms with Gasteiger partial charge in [-0.25, -0.2) is 0 Å². The first-order valence-corrected chi connectivity index (χ1v) is 11.8. The zero-order valence-electron chi connectivity index (χ0n) is 18.2. The van der Waals surface area contributed by atoms with Crippen LogP contribution < -0.4 is 9.64 Å². The number of rotatable bonds is 7. The van der Waals surface area contributed by atoms with Crippen molar-refractivity contribution in [2.75, 3.05) is 18.1 Å². The number of nitrogens with zero attached hydrogens (tertiary/aromatic N) is 1. The first-order valence-electron chi connectivity index (χ1n) is 10.9. The van der Waals surface area contributed by atoms with Crippen molar-refractivity contribution < 1.29 is 23.9 Å². The van der Waals surface area contributed by atoms with Crippen molar-refractivity contribution in [1.29, 1.82) is 0 Å². The van der Waals surface area contributed by atoms with Crippen molar-refractivity contribution in [3.8, 4) is 11.5 Å². The number of ketones is 1. The van der Waals surface area contributed by atoms with Crippen LogP contribution in [0.2, 0.25) is 0 Å². The maximum Gasteiger partial charge on any atom is 0.311 e. The van der Waals surface area contributed by atoms with Crippen LogP contribution in [-0.2, 0) is 14.3 Å². The molecule has 1 aliphatic rings. The minimum Gasteiger partial charge on any atom is -0.457 e. The molecule has 4 aromatic rings. The van der Waals surface area contributed by atoms with E-state index in [9.17, 15) is 14.4 Å². The van der Waals surface area contributed by atoms with Gasteiger partial charge in [-0.1, -0.05) is 42.5 Å². The Bertz CT molecular complexity index is 1340. The summed E-state index contributed by atoms with van der Waals surface area (Å²) in [4.78, 5) is 39.2. The van der Waals surface area contributed by atoms with Gasteiger partial charge in [-0.05, 0) is 47.2 Å². The van der Waals surface area contributed by atoms with Gasteiger partial charge in [0.1, 0.15) is 11.5 Å². The summed E-state index contributed by atoms with van der Waals surface area (Å²) in [6.07, 6.45) is 0.0558. The summed E-state index contributed by atoms with van der Waals surface area (Å²) in [6, 6.07) is 24.5. The Labute approximate surface area is 200 Å². The van der Waals surface area contributed by atoms with Gasteiger partial charge in [0.05, 0.1) is 10.8 Å². The molecule has 170 valence electrons. The predicted octanol–water partition coefficient (Wildman–Crippen LogP) is 5.47. The molecule has 6 nitrogen and oxygen atoms in total. The lowest BCUT2D eigenvalue weighted by Gasteiger charge is -2.17. The quantitative estimate of drug-likeness (QED) is 0.264. The van der Waals surface area contributed by atoms with E-state index < -0.39 is 11.9 Å². The van der Waals surface area contributed by atoms with Gasteiger partial charge in [0.15, 0.2) is 6.61 Å². The molecule has 0 saturated carbocycles. The molecule has 1 aromatic heterocycles. The number of Topliss-reactive ketones (excluding diaryl/α,β-unsaturated/α-hetero) is 1. The van der Waals surface area contributed by atoms with E-state index in [4.69, 9.17) is 9.47 Å². The Morgan fingerprint density at radius 1 is 0.941 bits per heavy atom. The van der Waals surface area contributed by atoms with Crippen LogP contribution in [0.5, 0.6) is 11.5 Å². The summed E-state index contributed by atoms with van der Waals surface area (Å²) in [5, 5.41) is 3.90. The van der Waals surface area contributed by atoms with Crippen LogP contribution in [0.4, 0.5) is 5.69 Å². The fourth-order valence-electron chi connectivity index (χ4n) is 3.98. The zero-order valence-corrected chi connectivity index (χ0v) is 19.0. The van der Waals surface area contributed by atoms with Gasteiger partial charge in [-0.3, -0.25) is 14.4 Å². The molecule has 1 amide bonds. The van der Waals surface area contributed by atoms with E-state index >= 15 is 0 Å². The second kappa shape index (κ2) is 9.49. The topological polar surface area (TPSA) is 72.9 Å². The number of thiophene rings is 1. The van der Waals surface area contributed by atoms with Crippen LogP contribution in [0.25, 0.3) is 10.8 Å². The van der Waals surface area contributed by atoms with E-state index in [2.05, 4.69) is 0 Å². The Kier molecular flexibility index (Phi) is 6.10. The zero-order chi connectivity index (χ0) is 23.5. The van der Waals surface area contributed by atoms with Crippen LogP contribution in [-0.4, -0.2) is 30.8 Å². The maximum atomic E-state index is 12.6. The fourth-order valence-corrected chi connectivity index (χ4v) is 4.63. The Morgan fingerprint density at radius 3 is 2.53 bits per heavy atom. The molecule has 7 heteroatoms. The highest BCUT2D eigenvalue weighted by Gasteiger charge is 2.36. The van der Waals surface area contributed by atoms with Gasteiger partial charge >= 0.3 is 5.97 Å². The second-order valence-electron chi connectivity index (χ2n) is 7.99. The normalized spacial score (nSPS) is 15.5. The van der Waals surface area contributed by atoms with Crippen molar-refractivity contribution >= 4 is 45.5 Å². The molecule has 1 atom stereocenters. The molecule has 1 saturated heterocycles. The van der Waals surface area contributed by atoms with E-state index in [0.717, 1.165) is 16.5 Å². The van der Waals surface area contributed by atoms with Crippen LogP contribution in [0.15, 0.2) is 84.2 Å². The number of hydrogen-bond donors (Lipinski definition) is 0. The van der Waals surface area contributed by atoms with E-state index in [0.29, 0.717) is 16.3 Å². The number of anilines is 1. The Morgan fingerprint density at radius 2 is 1.74 bits per heavy atom. The van der Waals surface area contributed by atoms with Gasteiger partial charge in [0.25, 0.3) is 0 Å². The molecule has 0 spiro atoms. The maximum absolute atomic E-state index is 12.6. The molecule has 1 fully saturated rings. The minimum atomic E-state index is -0.602. The van der Waals surface area contributed by atoms with Gasteiger partial charge in [-0.2, -0.15) is 0 Å². The van der Waals surface area contributed by atoms with Gasteiger partial charge in [0, 0.05) is 24.0 Å². The van der Waals surface area contributed by atoms with Crippen LogP contribution >= 0.6 is 11.3 Å². The molecule has 34 heavy (non-hydrogen) atoms. The SMILES string of the molecule is O=C(COC(=O)[C@H]1CC(=O)N(c2ccc(Oc3cccc4ccccc34)cc2)C1)c1cccs1. The first kappa shape index (κ1) is 21.9. The van der Waals surface area contributed by atoms with E-state index in [1.54, 1.807) is 46.7 Å². The van der Waals surface area contributed by atoms with Gasteiger partial charge in [-0.15, -0.1) is 11.3 Å². The molecule has 0 unspecified atom stereocenters. The van der Waals surface area contributed by atoms with Crippen molar-refractivity contribution in [1.82, 2.24) is 0 Å². The number of hydrogen-bond acceptors (Lipinski definition) is 6. The van der Waals surface area contributed by atoms with E-state index in [-0.39, 0.29) is 31.3 Å². The number of carbonyl (C=O) groups excluding carboxylic acids is 3. The monoisotopic (exact) mass is 471 g/mol. The highest BCUT2D eigenvalue weighted by Crippen LogP contribution is 2.32. The lowest BCUT2D eigenvalue weighted by Crippen LogP contribution is -2.27. The van der Waals surface area contributed by atoms with Crippen molar-refractivity contribution in [2.24, 2.45) is 5.92 Å². The number of fused-ring (bicyclic) bond motifs is 1. The number of amides is 1. The van der Waals surface area contributed by atoms with E-state index in [1.165, 1.54) is 11.3 Å². The number of benzene rings is 3. The molecule has 0 bridgehead atoms. The molecular weight excluding hydrogens is 450 g/mol. The van der Waals surface area contributed by atoms with Crippen LogP contribution in [0.1, 0.15) is 16.1 Å². The minimum absolute atomic E-state index is 0.0558. The van der Waals surface area contributed by atoms with Crippen LogP contribution in [0, 0.1) is 5.92 Å². The third-order valence-electron chi connectivity index (χ3n) is 5.73. The molecular formula is C27H21NO5S. The summed E-state index contributed by atoms with van der Waals surface area (Å²) in [7, 11) is 0. The van der Waals surface area contributed by atoms with Crippen molar-refractivity contribution in [2.45, 2.75) is 6.42 Å². The highest BCUT2D eigenvalue weighted by atomic mass is 32.1. The van der Waals surface area contributed by atoms with Crippen LogP contribution in [0.3, 0.4) is 0 Å². The lowest BCUT2D eigenvalue weighted by molar-refractivity contribution is -0.147. The molecule has 3 aromatic carbocycles. The third kappa shape index (κ3) is 4.56. The summed E-state index contributed by atoms with van der Waals surface area (Å²) < 4.78 is 11.3. The fraction of sp³-hybridized carbons (Fsp3) is 0.148. The number of carbonyl (C=O) groups is 3. The molecule has 0 radical (unpaired) electrons. The smallest absolute Gasteiger partial charge is 0.311 e. The third-order valence-corrected chi connectivity index (χ3v) is 6.64. The largest absolute Gasteiger partial charge is 0.457 e. The highest BCUT2D eigenvalue weighted by molar-refractivity contribution is 7.12. The molecule has 5 rings (SSSR count). The second-order valence-corrected chi connectivity index (χ2v) is 8.93. The molecule has 2 heterocycles. The Balaban J connectivity index is 1.21. The average Bonchev–Trinajstić information content (AvgIpc) is 3.54. The van der Waals surface area contributed by atoms with E-state index in [1.807, 2.05) is 42.5 Å². The predicted molar refractivity (Wildman–Crippen MR) is 131 cm³/mol. The standard InChI is InChI=1S/C27H21NO5S/c29-23(25-9-4-14-34-25)17-32-27(31)19-15-26(30)28(16-19)20-10-12-21(13-11-20)33-24-8-3-6-18-5-1-2-7-22(18)24/h1-14,19H,15-17H2/t19-/m0/s1. The molecule has 0 aliphatic carbocycles. The van der Waals surface area contributed by atoms with Crippen molar-refractivity contribution in [3.63, 3.8) is 0 Å². The Hall–Kier alpha value is -3.97. The number of esters is 1. The molecule has 0 N–H and O–H groups in total. The van der Waals surface area contributed by atoms with Gasteiger partial charge in [0.2, 0.25) is 11.7 Å². The lowest BCUT2D eigenvalue weighted by atomic mass is 10.1. The summed E-state index contributed by atoms with van der Waals surface area (Å²) >= 11 is 1.30. The van der Waals surface area contributed by atoms with Crippen molar-refractivity contribution in [3.05, 3.63) is 89.1 Å². The summed E-state index contributed by atoms with van der Waals surface area (Å²) in [6.45, 7) is -0.0986. The average molecular weight is 472 g/mol.